The van der Waals surface area contributed by atoms with E-state index in [0.717, 1.165) is 4.90 Å². The Balaban J connectivity index is 2.48. The van der Waals surface area contributed by atoms with Gasteiger partial charge in [-0.05, 0) is 12.5 Å². The number of imide groups is 1. The molecule has 0 aliphatic carbocycles. The van der Waals surface area contributed by atoms with Crippen molar-refractivity contribution >= 4 is 17.8 Å². The van der Waals surface area contributed by atoms with Gasteiger partial charge in [0, 0.05) is 0 Å². The van der Waals surface area contributed by atoms with Crippen LogP contribution in [0.1, 0.15) is 6.92 Å². The number of rotatable bonds is 1. The Morgan fingerprint density at radius 1 is 1.57 bits per heavy atom. The summed E-state index contributed by atoms with van der Waals surface area (Å²) in [7, 11) is 0. The first kappa shape index (κ1) is 8.74. The summed E-state index contributed by atoms with van der Waals surface area (Å²) in [5.74, 6) is -1.10. The molecule has 0 aromatic rings. The van der Waals surface area contributed by atoms with Crippen molar-refractivity contribution in [2.24, 2.45) is 5.73 Å². The second kappa shape index (κ2) is 2.57. The molecule has 1 fully saturated rings. The van der Waals surface area contributed by atoms with E-state index >= 15 is 0 Å². The maximum absolute atomic E-state index is 11.4. The predicted octanol–water partition coefficient (Wildman–Crippen LogP) is -1.28. The number of nitrogens with one attached hydrogen (secondary N) is 1. The molecule has 6 nitrogen and oxygen atoms in total. The van der Waals surface area contributed by atoms with Crippen LogP contribution in [0.3, 0.4) is 0 Å². The van der Waals surface area contributed by atoms with Gasteiger partial charge in [-0.15, -0.1) is 0 Å². The highest BCUT2D eigenvalue weighted by molar-refractivity contribution is 6.10. The standard InChI is InChI=1S/C8H9N3O3/c1-3-2-4-7(13)11(8(14)10-4)5(3)6(9)12/h2,4-5H,1H3,(H2,9,12)(H,10,14). The lowest BCUT2D eigenvalue weighted by molar-refractivity contribution is -0.133. The van der Waals surface area contributed by atoms with Crippen molar-refractivity contribution in [3.63, 3.8) is 0 Å². The first-order chi connectivity index (χ1) is 6.52. The van der Waals surface area contributed by atoms with Crippen molar-refractivity contribution in [1.29, 1.82) is 0 Å². The van der Waals surface area contributed by atoms with Crippen molar-refractivity contribution in [2.45, 2.75) is 19.0 Å². The molecule has 0 radical (unpaired) electrons. The van der Waals surface area contributed by atoms with E-state index in [-0.39, 0.29) is 0 Å². The summed E-state index contributed by atoms with van der Waals surface area (Å²) in [5, 5.41) is 2.43. The van der Waals surface area contributed by atoms with Crippen molar-refractivity contribution in [3.8, 4) is 0 Å². The number of nitrogens with zero attached hydrogens (tertiary/aromatic N) is 1. The van der Waals surface area contributed by atoms with Crippen LogP contribution in [-0.2, 0) is 9.59 Å². The van der Waals surface area contributed by atoms with Gasteiger partial charge in [-0.1, -0.05) is 6.08 Å². The van der Waals surface area contributed by atoms with Crippen LogP contribution in [0.15, 0.2) is 11.6 Å². The Kier molecular flexibility index (Phi) is 1.60. The molecule has 0 aromatic carbocycles. The van der Waals surface area contributed by atoms with Gasteiger partial charge in [0.25, 0.3) is 5.91 Å². The number of fused-ring (bicyclic) bond motifs is 2. The van der Waals surface area contributed by atoms with Crippen molar-refractivity contribution in [2.75, 3.05) is 0 Å². The second-order valence-corrected chi connectivity index (χ2v) is 3.35. The summed E-state index contributed by atoms with van der Waals surface area (Å²) in [5.41, 5.74) is 5.74. The molecule has 74 valence electrons. The predicted molar refractivity (Wildman–Crippen MR) is 45.9 cm³/mol. The quantitative estimate of drug-likeness (QED) is 0.403. The normalized spacial score (nSPS) is 30.1. The summed E-state index contributed by atoms with van der Waals surface area (Å²) in [4.78, 5) is 34.7. The van der Waals surface area contributed by atoms with Gasteiger partial charge in [0.15, 0.2) is 0 Å². The largest absolute Gasteiger partial charge is 0.368 e. The highest BCUT2D eigenvalue weighted by Gasteiger charge is 2.47. The third kappa shape index (κ3) is 0.935. The van der Waals surface area contributed by atoms with E-state index in [1.54, 1.807) is 13.0 Å². The second-order valence-electron chi connectivity index (χ2n) is 3.35. The Hall–Kier alpha value is -1.85. The molecule has 2 aliphatic rings. The minimum Gasteiger partial charge on any atom is -0.368 e. The zero-order valence-corrected chi connectivity index (χ0v) is 7.48. The lowest BCUT2D eigenvalue weighted by Gasteiger charge is -2.25. The van der Waals surface area contributed by atoms with Crippen LogP contribution in [0.5, 0.6) is 0 Å². The Morgan fingerprint density at radius 2 is 2.21 bits per heavy atom. The van der Waals surface area contributed by atoms with Gasteiger partial charge in [0.05, 0.1) is 0 Å². The minimum atomic E-state index is -0.929. The fourth-order valence-electron chi connectivity index (χ4n) is 1.78. The third-order valence-electron chi connectivity index (χ3n) is 2.39. The van der Waals surface area contributed by atoms with E-state index in [0.29, 0.717) is 5.57 Å². The maximum Gasteiger partial charge on any atom is 0.326 e. The smallest absolute Gasteiger partial charge is 0.326 e. The number of amides is 4. The van der Waals surface area contributed by atoms with Crippen molar-refractivity contribution in [3.05, 3.63) is 11.6 Å². The molecule has 2 bridgehead atoms. The Bertz CT molecular complexity index is 374. The van der Waals surface area contributed by atoms with Gasteiger partial charge in [-0.2, -0.15) is 0 Å². The van der Waals surface area contributed by atoms with Crippen LogP contribution in [-0.4, -0.2) is 34.8 Å². The van der Waals surface area contributed by atoms with Crippen LogP contribution >= 0.6 is 0 Å². The monoisotopic (exact) mass is 195 g/mol. The lowest BCUT2D eigenvalue weighted by Crippen LogP contribution is -2.50. The average molecular weight is 195 g/mol. The van der Waals surface area contributed by atoms with E-state index in [1.807, 2.05) is 0 Å². The highest BCUT2D eigenvalue weighted by atomic mass is 16.2. The number of hydrogen-bond donors (Lipinski definition) is 2. The summed E-state index contributed by atoms with van der Waals surface area (Å²) in [6, 6.07) is -2.11. The van der Waals surface area contributed by atoms with Crippen LogP contribution in [0.2, 0.25) is 0 Å². The molecular formula is C8H9N3O3. The van der Waals surface area contributed by atoms with E-state index in [9.17, 15) is 14.4 Å². The lowest BCUT2D eigenvalue weighted by atomic mass is 10.00. The first-order valence-corrected chi connectivity index (χ1v) is 4.13. The van der Waals surface area contributed by atoms with Crippen LogP contribution < -0.4 is 11.1 Å². The van der Waals surface area contributed by atoms with E-state index in [2.05, 4.69) is 5.32 Å². The van der Waals surface area contributed by atoms with Crippen LogP contribution in [0.4, 0.5) is 4.79 Å². The molecule has 0 aromatic heterocycles. The zero-order valence-electron chi connectivity index (χ0n) is 7.48. The van der Waals surface area contributed by atoms with Crippen LogP contribution in [0.25, 0.3) is 0 Å². The minimum absolute atomic E-state index is 0.413. The molecule has 6 heteroatoms. The zero-order chi connectivity index (χ0) is 10.5. The Labute approximate surface area is 79.7 Å². The van der Waals surface area contributed by atoms with E-state index in [1.165, 1.54) is 0 Å². The molecule has 4 amide bonds. The van der Waals surface area contributed by atoms with Gasteiger partial charge in [0.1, 0.15) is 12.1 Å². The maximum atomic E-state index is 11.4. The number of hydrogen-bond acceptors (Lipinski definition) is 3. The molecule has 2 unspecified atom stereocenters. The van der Waals surface area contributed by atoms with Gasteiger partial charge < -0.3 is 11.1 Å². The third-order valence-corrected chi connectivity index (χ3v) is 2.39. The number of carbonyl (C=O) groups is 3. The summed E-state index contributed by atoms with van der Waals surface area (Å²) in [6.07, 6.45) is 1.55. The Morgan fingerprint density at radius 3 is 2.79 bits per heavy atom. The van der Waals surface area contributed by atoms with Crippen molar-refractivity contribution < 1.29 is 14.4 Å². The average Bonchev–Trinajstić information content (AvgIpc) is 2.30. The topological polar surface area (TPSA) is 92.5 Å². The summed E-state index contributed by atoms with van der Waals surface area (Å²) in [6.45, 7) is 1.67. The van der Waals surface area contributed by atoms with Gasteiger partial charge in [-0.3, -0.25) is 9.59 Å². The molecule has 0 saturated carbocycles. The van der Waals surface area contributed by atoms with Crippen molar-refractivity contribution in [1.82, 2.24) is 10.2 Å². The number of nitrogens with two attached hydrogens (primary N) is 1. The van der Waals surface area contributed by atoms with E-state index in [4.69, 9.17) is 5.73 Å². The SMILES string of the molecule is CC1=CC2NC(=O)N(C2=O)C1C(N)=O. The number of primary amides is 1. The fourth-order valence-corrected chi connectivity index (χ4v) is 1.78. The first-order valence-electron chi connectivity index (χ1n) is 4.13. The van der Waals surface area contributed by atoms with Gasteiger partial charge in [0.2, 0.25) is 5.91 Å². The molecule has 2 aliphatic heterocycles. The molecule has 1 saturated heterocycles. The summed E-state index contributed by atoms with van der Waals surface area (Å²) >= 11 is 0. The molecule has 2 heterocycles. The molecule has 2 rings (SSSR count). The molecular weight excluding hydrogens is 186 g/mol. The van der Waals surface area contributed by atoms with Crippen LogP contribution in [0, 0.1) is 0 Å². The molecule has 3 N–H and O–H groups in total. The number of urea groups is 1. The molecule has 14 heavy (non-hydrogen) atoms. The number of carbonyl (C=O) groups excluding carboxylic acids is 3. The van der Waals surface area contributed by atoms with E-state index < -0.39 is 29.9 Å². The van der Waals surface area contributed by atoms with Gasteiger partial charge in [-0.25, -0.2) is 9.69 Å². The molecule has 2 atom stereocenters. The highest BCUT2D eigenvalue weighted by Crippen LogP contribution is 2.23. The summed E-state index contributed by atoms with van der Waals surface area (Å²) < 4.78 is 0. The van der Waals surface area contributed by atoms with Gasteiger partial charge >= 0.3 is 6.03 Å². The molecule has 0 spiro atoms. The fraction of sp³-hybridized carbons (Fsp3) is 0.375.